The number of piperazine rings is 1. The van der Waals surface area contributed by atoms with Gasteiger partial charge in [0.2, 0.25) is 0 Å². The van der Waals surface area contributed by atoms with Gasteiger partial charge in [0.15, 0.2) is 10.8 Å². The Hall–Kier alpha value is -3.40. The molecule has 35 heavy (non-hydrogen) atoms. The van der Waals surface area contributed by atoms with Gasteiger partial charge in [-0.1, -0.05) is 23.7 Å². The van der Waals surface area contributed by atoms with Crippen molar-refractivity contribution in [1.82, 2.24) is 19.2 Å². The number of nitrogens with zero attached hydrogens (tertiary/aromatic N) is 3. The number of amides is 1. The molecule has 8 nitrogen and oxygen atoms in total. The third-order valence-electron chi connectivity index (χ3n) is 6.19. The summed E-state index contributed by atoms with van der Waals surface area (Å²) in [5.41, 5.74) is 3.95. The van der Waals surface area contributed by atoms with Crippen molar-refractivity contribution in [3.05, 3.63) is 77.1 Å². The fourth-order valence-corrected chi connectivity index (χ4v) is 5.95. The first kappa shape index (κ1) is 23.3. The van der Waals surface area contributed by atoms with Crippen LogP contribution in [0.2, 0.25) is 5.02 Å². The zero-order valence-corrected chi connectivity index (χ0v) is 20.5. The molecule has 0 bridgehead atoms. The van der Waals surface area contributed by atoms with Crippen LogP contribution >= 0.6 is 11.6 Å². The summed E-state index contributed by atoms with van der Waals surface area (Å²) < 4.78 is 27.7. The van der Waals surface area contributed by atoms with E-state index in [1.807, 2.05) is 31.2 Å². The van der Waals surface area contributed by atoms with Gasteiger partial charge in [0.05, 0.1) is 5.52 Å². The van der Waals surface area contributed by atoms with Crippen LogP contribution in [0.1, 0.15) is 16.1 Å². The van der Waals surface area contributed by atoms with Crippen LogP contribution in [-0.2, 0) is 10.0 Å². The van der Waals surface area contributed by atoms with E-state index in [0.29, 0.717) is 21.5 Å². The average Bonchev–Trinajstić information content (AvgIpc) is 3.20. The fraction of sp³-hybridized carbons (Fsp3) is 0.200. The van der Waals surface area contributed by atoms with Crippen LogP contribution in [0, 0.1) is 6.92 Å². The summed E-state index contributed by atoms with van der Waals surface area (Å²) in [5, 5.41) is 11.0. The number of nitrogens with one attached hydrogen (secondary N) is 1. The standard InChI is InChI=1S/C25H23ClN4O4S/c1-16-14-19(8-9-27-16)17-2-4-18(5-3-17)25(32)29-10-12-30(13-11-29)35(33,34)24-23(31)21-15-20(26)6-7-22(21)28-24/h2-9,14-15,28,31H,10-13H2,1H3. The van der Waals surface area contributed by atoms with Crippen molar-refractivity contribution < 1.29 is 18.3 Å². The van der Waals surface area contributed by atoms with Crippen molar-refractivity contribution in [2.75, 3.05) is 26.2 Å². The Balaban J connectivity index is 1.28. The molecule has 0 spiro atoms. The number of rotatable bonds is 4. The number of aryl methyl sites for hydroxylation is 1. The summed E-state index contributed by atoms with van der Waals surface area (Å²) >= 11 is 5.98. The first-order valence-corrected chi connectivity index (χ1v) is 12.9. The lowest BCUT2D eigenvalue weighted by Crippen LogP contribution is -2.50. The van der Waals surface area contributed by atoms with E-state index in [1.165, 1.54) is 10.4 Å². The summed E-state index contributed by atoms with van der Waals surface area (Å²) in [7, 11) is -3.98. The van der Waals surface area contributed by atoms with E-state index in [9.17, 15) is 18.3 Å². The molecular weight excluding hydrogens is 488 g/mol. The number of carbonyl (C=O) groups is 1. The van der Waals surface area contributed by atoms with Crippen molar-refractivity contribution in [1.29, 1.82) is 0 Å². The monoisotopic (exact) mass is 510 g/mol. The number of aromatic amines is 1. The largest absolute Gasteiger partial charge is 0.504 e. The Morgan fingerprint density at radius 3 is 2.40 bits per heavy atom. The molecule has 2 aromatic carbocycles. The predicted molar refractivity (Wildman–Crippen MR) is 134 cm³/mol. The summed E-state index contributed by atoms with van der Waals surface area (Å²) in [6.07, 6.45) is 1.75. The minimum absolute atomic E-state index is 0.123. The lowest BCUT2D eigenvalue weighted by atomic mass is 10.0. The second-order valence-electron chi connectivity index (χ2n) is 8.45. The van der Waals surface area contributed by atoms with Crippen LogP contribution < -0.4 is 0 Å². The number of carbonyl (C=O) groups excluding carboxylic acids is 1. The molecule has 10 heteroatoms. The molecule has 1 amide bonds. The van der Waals surface area contributed by atoms with Gasteiger partial charge >= 0.3 is 0 Å². The van der Waals surface area contributed by atoms with E-state index in [-0.39, 0.29) is 42.9 Å². The highest BCUT2D eigenvalue weighted by molar-refractivity contribution is 7.89. The lowest BCUT2D eigenvalue weighted by Gasteiger charge is -2.33. The molecule has 0 atom stereocenters. The topological polar surface area (TPSA) is 107 Å². The number of H-pyrrole nitrogens is 1. The SMILES string of the molecule is Cc1cc(-c2ccc(C(=O)N3CCN(S(=O)(=O)c4[nH]c5ccc(Cl)cc5c4O)CC3)cc2)ccn1. The Labute approximate surface area is 207 Å². The number of halogens is 1. The van der Waals surface area contributed by atoms with Crippen molar-refractivity contribution in [2.45, 2.75) is 11.9 Å². The number of aromatic hydroxyl groups is 1. The van der Waals surface area contributed by atoms with Gasteiger partial charge in [-0.15, -0.1) is 0 Å². The van der Waals surface area contributed by atoms with Crippen molar-refractivity contribution in [3.8, 4) is 16.9 Å². The molecule has 0 unspecified atom stereocenters. The van der Waals surface area contributed by atoms with Gasteiger partial charge in [0.25, 0.3) is 15.9 Å². The number of hydrogen-bond acceptors (Lipinski definition) is 5. The zero-order valence-electron chi connectivity index (χ0n) is 18.9. The second-order valence-corrected chi connectivity index (χ2v) is 10.8. The number of hydrogen-bond donors (Lipinski definition) is 2. The van der Waals surface area contributed by atoms with Crippen LogP contribution in [0.25, 0.3) is 22.0 Å². The van der Waals surface area contributed by atoms with Crippen LogP contribution in [0.4, 0.5) is 0 Å². The third-order valence-corrected chi connectivity index (χ3v) is 8.28. The molecule has 4 aromatic rings. The number of pyridine rings is 1. The molecule has 0 radical (unpaired) electrons. The van der Waals surface area contributed by atoms with Crippen molar-refractivity contribution in [2.24, 2.45) is 0 Å². The zero-order chi connectivity index (χ0) is 24.7. The number of fused-ring (bicyclic) bond motifs is 1. The minimum atomic E-state index is -3.98. The molecular formula is C25H23ClN4O4S. The van der Waals surface area contributed by atoms with Crippen LogP contribution in [0.3, 0.4) is 0 Å². The van der Waals surface area contributed by atoms with Crippen LogP contribution in [-0.4, -0.2) is 64.8 Å². The number of aromatic nitrogens is 2. The Morgan fingerprint density at radius 2 is 1.71 bits per heavy atom. The fourth-order valence-electron chi connectivity index (χ4n) is 4.29. The second kappa shape index (κ2) is 8.99. The van der Waals surface area contributed by atoms with Gasteiger partial charge in [-0.2, -0.15) is 4.31 Å². The van der Waals surface area contributed by atoms with E-state index < -0.39 is 10.0 Å². The van der Waals surface area contributed by atoms with Gasteiger partial charge in [0, 0.05) is 54.0 Å². The summed E-state index contributed by atoms with van der Waals surface area (Å²) in [5.74, 6) is -0.506. The first-order valence-electron chi connectivity index (χ1n) is 11.1. The maximum Gasteiger partial charge on any atom is 0.262 e. The van der Waals surface area contributed by atoms with Crippen molar-refractivity contribution in [3.63, 3.8) is 0 Å². The van der Waals surface area contributed by atoms with E-state index in [4.69, 9.17) is 11.6 Å². The summed E-state index contributed by atoms with van der Waals surface area (Å²) in [4.78, 5) is 21.7. The molecule has 0 saturated carbocycles. The first-order chi connectivity index (χ1) is 16.7. The average molecular weight is 511 g/mol. The quantitative estimate of drug-likeness (QED) is 0.431. The third kappa shape index (κ3) is 4.38. The van der Waals surface area contributed by atoms with Gasteiger partial charge < -0.3 is 15.0 Å². The smallest absolute Gasteiger partial charge is 0.262 e. The molecule has 2 N–H and O–H groups in total. The highest BCUT2D eigenvalue weighted by Crippen LogP contribution is 2.35. The Bertz CT molecular complexity index is 1530. The Morgan fingerprint density at radius 1 is 1.00 bits per heavy atom. The molecule has 0 aliphatic carbocycles. The van der Waals surface area contributed by atoms with E-state index in [2.05, 4.69) is 9.97 Å². The molecule has 2 aromatic heterocycles. The number of benzene rings is 2. The summed E-state index contributed by atoms with van der Waals surface area (Å²) in [6.45, 7) is 2.67. The van der Waals surface area contributed by atoms with Crippen LogP contribution in [0.5, 0.6) is 5.75 Å². The molecule has 1 aliphatic rings. The normalized spacial score (nSPS) is 15.0. The van der Waals surface area contributed by atoms with Gasteiger partial charge in [-0.3, -0.25) is 9.78 Å². The predicted octanol–water partition coefficient (Wildman–Crippen LogP) is 4.04. The maximum absolute atomic E-state index is 13.2. The highest BCUT2D eigenvalue weighted by atomic mass is 35.5. The van der Waals surface area contributed by atoms with Gasteiger partial charge in [0.1, 0.15) is 0 Å². The molecule has 1 fully saturated rings. The van der Waals surface area contributed by atoms with E-state index in [0.717, 1.165) is 16.8 Å². The highest BCUT2D eigenvalue weighted by Gasteiger charge is 2.34. The molecule has 3 heterocycles. The van der Waals surface area contributed by atoms with E-state index >= 15 is 0 Å². The number of sulfonamides is 1. The van der Waals surface area contributed by atoms with Crippen LogP contribution in [0.15, 0.2) is 65.8 Å². The molecule has 5 rings (SSSR count). The maximum atomic E-state index is 13.2. The minimum Gasteiger partial charge on any atom is -0.504 e. The molecule has 1 saturated heterocycles. The Kier molecular flexibility index (Phi) is 6.00. The van der Waals surface area contributed by atoms with Crippen molar-refractivity contribution >= 4 is 38.4 Å². The summed E-state index contributed by atoms with van der Waals surface area (Å²) in [6, 6.07) is 16.0. The van der Waals surface area contributed by atoms with E-state index in [1.54, 1.807) is 35.4 Å². The molecule has 1 aliphatic heterocycles. The lowest BCUT2D eigenvalue weighted by molar-refractivity contribution is 0.0697. The van der Waals surface area contributed by atoms with Gasteiger partial charge in [-0.05, 0) is 60.5 Å². The molecule has 180 valence electrons. The van der Waals surface area contributed by atoms with Gasteiger partial charge in [-0.25, -0.2) is 8.42 Å².